The number of hydrogen-bond donors (Lipinski definition) is 2. The first-order valence-electron chi connectivity index (χ1n) is 4.80. The third kappa shape index (κ3) is 2.68. The molecular weight excluding hydrogens is 212 g/mol. The molecule has 0 amide bonds. The highest BCUT2D eigenvalue weighted by molar-refractivity contribution is 5.46. The molecule has 0 heterocycles. The fourth-order valence-corrected chi connectivity index (χ4v) is 1.41. The molecule has 0 spiro atoms. The Hall–Kier alpha value is -1.66. The quantitative estimate of drug-likeness (QED) is 0.576. The number of nitrogens with two attached hydrogens (primary N) is 1. The summed E-state index contributed by atoms with van der Waals surface area (Å²) in [5, 5.41) is 20.5. The van der Waals surface area contributed by atoms with Crippen LogP contribution in [0.15, 0.2) is 18.2 Å². The highest BCUT2D eigenvalue weighted by atomic mass is 16.6. The number of aliphatic hydroxyl groups is 1. The highest BCUT2D eigenvalue weighted by Gasteiger charge is 2.20. The maximum absolute atomic E-state index is 10.8. The van der Waals surface area contributed by atoms with E-state index < -0.39 is 11.0 Å². The number of benzene rings is 1. The number of nitro groups is 1. The van der Waals surface area contributed by atoms with E-state index in [4.69, 9.17) is 10.5 Å². The van der Waals surface area contributed by atoms with E-state index in [1.165, 1.54) is 25.3 Å². The summed E-state index contributed by atoms with van der Waals surface area (Å²) in [4.78, 5) is 10.2. The van der Waals surface area contributed by atoms with Crippen molar-refractivity contribution in [2.75, 3.05) is 13.7 Å². The zero-order chi connectivity index (χ0) is 12.1. The van der Waals surface area contributed by atoms with E-state index in [0.29, 0.717) is 5.75 Å². The zero-order valence-corrected chi connectivity index (χ0v) is 8.92. The van der Waals surface area contributed by atoms with Gasteiger partial charge >= 0.3 is 0 Å². The number of hydrogen-bond acceptors (Lipinski definition) is 5. The lowest BCUT2D eigenvalue weighted by atomic mass is 10.0. The molecule has 1 aromatic carbocycles. The molecule has 0 bridgehead atoms. The molecule has 0 fully saturated rings. The Labute approximate surface area is 92.8 Å². The summed E-state index contributed by atoms with van der Waals surface area (Å²) in [5.41, 5.74) is 5.41. The molecule has 6 heteroatoms. The van der Waals surface area contributed by atoms with Gasteiger partial charge in [-0.25, -0.2) is 0 Å². The highest BCUT2D eigenvalue weighted by Crippen LogP contribution is 2.30. The summed E-state index contributed by atoms with van der Waals surface area (Å²) < 4.78 is 4.95. The van der Waals surface area contributed by atoms with E-state index in [2.05, 4.69) is 0 Å². The minimum absolute atomic E-state index is 0.123. The fourth-order valence-electron chi connectivity index (χ4n) is 1.41. The molecule has 1 unspecified atom stereocenters. The molecule has 6 nitrogen and oxygen atoms in total. The van der Waals surface area contributed by atoms with Crippen LogP contribution in [0.4, 0.5) is 5.69 Å². The summed E-state index contributed by atoms with van der Waals surface area (Å²) in [6, 6.07) is 4.25. The van der Waals surface area contributed by atoms with Crippen LogP contribution in [0, 0.1) is 10.1 Å². The van der Waals surface area contributed by atoms with E-state index in [-0.39, 0.29) is 24.2 Å². The van der Waals surface area contributed by atoms with Crippen molar-refractivity contribution in [3.8, 4) is 5.75 Å². The minimum Gasteiger partial charge on any atom is -0.497 e. The van der Waals surface area contributed by atoms with Crippen LogP contribution in [0.25, 0.3) is 0 Å². The lowest BCUT2D eigenvalue weighted by molar-refractivity contribution is -0.386. The predicted molar refractivity (Wildman–Crippen MR) is 58.3 cm³/mol. The van der Waals surface area contributed by atoms with Crippen molar-refractivity contribution in [3.05, 3.63) is 33.9 Å². The maximum Gasteiger partial charge on any atom is 0.275 e. The number of methoxy groups -OCH3 is 1. The normalized spacial score (nSPS) is 12.2. The number of nitrogens with zero attached hydrogens (tertiary/aromatic N) is 1. The van der Waals surface area contributed by atoms with Crippen LogP contribution < -0.4 is 10.5 Å². The molecular formula is C10H14N2O4. The van der Waals surface area contributed by atoms with Gasteiger partial charge in [0.15, 0.2) is 0 Å². The Morgan fingerprint density at radius 1 is 1.62 bits per heavy atom. The van der Waals surface area contributed by atoms with Crippen molar-refractivity contribution in [2.45, 2.75) is 12.5 Å². The van der Waals surface area contributed by atoms with Gasteiger partial charge in [0.05, 0.1) is 23.7 Å². The molecule has 0 saturated heterocycles. The van der Waals surface area contributed by atoms with Gasteiger partial charge in [-0.15, -0.1) is 0 Å². The van der Waals surface area contributed by atoms with Gasteiger partial charge in [-0.2, -0.15) is 0 Å². The summed E-state index contributed by atoms with van der Waals surface area (Å²) in [6.45, 7) is 0.259. The first-order valence-corrected chi connectivity index (χ1v) is 4.80. The lowest BCUT2D eigenvalue weighted by Crippen LogP contribution is -2.08. The van der Waals surface area contributed by atoms with Gasteiger partial charge in [-0.05, 0) is 25.1 Å². The average Bonchev–Trinajstić information content (AvgIpc) is 2.28. The van der Waals surface area contributed by atoms with E-state index in [1.807, 2.05) is 0 Å². The van der Waals surface area contributed by atoms with Crippen LogP contribution in [-0.2, 0) is 0 Å². The summed E-state index contributed by atoms with van der Waals surface area (Å²) in [7, 11) is 1.46. The Kier molecular flexibility index (Phi) is 4.21. The monoisotopic (exact) mass is 226 g/mol. The first-order chi connectivity index (χ1) is 7.60. The molecule has 16 heavy (non-hydrogen) atoms. The van der Waals surface area contributed by atoms with Crippen LogP contribution in [0.3, 0.4) is 0 Å². The van der Waals surface area contributed by atoms with E-state index in [1.54, 1.807) is 0 Å². The number of aliphatic hydroxyl groups excluding tert-OH is 1. The maximum atomic E-state index is 10.8. The second-order valence-corrected chi connectivity index (χ2v) is 3.28. The molecule has 1 aromatic rings. The predicted octanol–water partition coefficient (Wildman–Crippen LogP) is 0.986. The van der Waals surface area contributed by atoms with Crippen LogP contribution >= 0.6 is 0 Å². The van der Waals surface area contributed by atoms with Crippen molar-refractivity contribution in [2.24, 2.45) is 5.73 Å². The van der Waals surface area contributed by atoms with E-state index in [0.717, 1.165) is 0 Å². The van der Waals surface area contributed by atoms with E-state index >= 15 is 0 Å². The molecule has 88 valence electrons. The first kappa shape index (κ1) is 12.4. The minimum atomic E-state index is -0.944. The molecule has 0 aliphatic heterocycles. The van der Waals surface area contributed by atoms with Gasteiger partial charge in [0.2, 0.25) is 0 Å². The summed E-state index contributed by atoms with van der Waals surface area (Å²) in [6.07, 6.45) is -0.672. The van der Waals surface area contributed by atoms with Crippen molar-refractivity contribution in [1.82, 2.24) is 0 Å². The third-order valence-electron chi connectivity index (χ3n) is 2.23. The van der Waals surface area contributed by atoms with Crippen LogP contribution in [0.5, 0.6) is 5.75 Å². The van der Waals surface area contributed by atoms with Crippen molar-refractivity contribution in [3.63, 3.8) is 0 Å². The molecule has 0 radical (unpaired) electrons. The standard InChI is InChI=1S/C10H14N2O4/c1-16-7-2-3-9(12(14)15)8(6-7)10(13)4-5-11/h2-3,6,10,13H,4-5,11H2,1H3. The van der Waals surface area contributed by atoms with Gasteiger partial charge in [0.25, 0.3) is 5.69 Å². The summed E-state index contributed by atoms with van der Waals surface area (Å²) in [5.74, 6) is 0.469. The van der Waals surface area contributed by atoms with Gasteiger partial charge in [0, 0.05) is 6.07 Å². The van der Waals surface area contributed by atoms with Gasteiger partial charge in [-0.3, -0.25) is 10.1 Å². The Bertz CT molecular complexity index is 381. The van der Waals surface area contributed by atoms with Crippen LogP contribution in [0.1, 0.15) is 18.1 Å². The van der Waals surface area contributed by atoms with Crippen molar-refractivity contribution in [1.29, 1.82) is 0 Å². The third-order valence-corrected chi connectivity index (χ3v) is 2.23. The summed E-state index contributed by atoms with van der Waals surface area (Å²) >= 11 is 0. The second-order valence-electron chi connectivity index (χ2n) is 3.28. The SMILES string of the molecule is COc1ccc([N+](=O)[O-])c(C(O)CCN)c1. The molecule has 0 aliphatic rings. The molecule has 0 saturated carbocycles. The molecule has 1 atom stereocenters. The zero-order valence-electron chi connectivity index (χ0n) is 8.92. The smallest absolute Gasteiger partial charge is 0.275 e. The fraction of sp³-hybridized carbons (Fsp3) is 0.400. The molecule has 0 aliphatic carbocycles. The average molecular weight is 226 g/mol. The largest absolute Gasteiger partial charge is 0.497 e. The topological polar surface area (TPSA) is 98.6 Å². The Balaban J connectivity index is 3.14. The molecule has 0 aromatic heterocycles. The number of ether oxygens (including phenoxy) is 1. The second kappa shape index (κ2) is 5.43. The number of nitro benzene ring substituents is 1. The van der Waals surface area contributed by atoms with Crippen LogP contribution in [-0.4, -0.2) is 23.7 Å². The van der Waals surface area contributed by atoms with Gasteiger partial charge in [0.1, 0.15) is 5.75 Å². The molecule has 1 rings (SSSR count). The van der Waals surface area contributed by atoms with Gasteiger partial charge < -0.3 is 15.6 Å². The lowest BCUT2D eigenvalue weighted by Gasteiger charge is -2.11. The van der Waals surface area contributed by atoms with Crippen molar-refractivity contribution >= 4 is 5.69 Å². The molecule has 3 N–H and O–H groups in total. The van der Waals surface area contributed by atoms with Crippen LogP contribution in [0.2, 0.25) is 0 Å². The van der Waals surface area contributed by atoms with Crippen molar-refractivity contribution < 1.29 is 14.8 Å². The Morgan fingerprint density at radius 3 is 2.81 bits per heavy atom. The Morgan fingerprint density at radius 2 is 2.31 bits per heavy atom. The number of rotatable bonds is 5. The van der Waals surface area contributed by atoms with E-state index in [9.17, 15) is 15.2 Å². The van der Waals surface area contributed by atoms with Gasteiger partial charge in [-0.1, -0.05) is 0 Å².